The molecule has 0 fully saturated rings. The number of hydrogen-bond donors (Lipinski definition) is 21. The lowest BCUT2D eigenvalue weighted by Crippen LogP contribution is -2.63. The lowest BCUT2D eigenvalue weighted by Gasteiger charge is -2.28. The molecule has 14 amide bonds. The van der Waals surface area contributed by atoms with E-state index in [0.717, 1.165) is 28.5 Å². The number of aliphatic hydroxyl groups is 6. The molecule has 40 heteroatoms. The number of rotatable bonds is 16. The molecule has 2 aliphatic rings. The van der Waals surface area contributed by atoms with E-state index in [1.165, 1.54) is 18.2 Å². The molecule has 588 valence electrons. The molecule has 38 nitrogen and oxygen atoms in total. The Kier molecular flexibility index (Phi) is 33.6. The lowest BCUT2D eigenvalue weighted by atomic mass is 10.0. The number of halogens is 2. The number of nitrogens with one attached hydrogen (secondary N) is 12. The third kappa shape index (κ3) is 28.0. The molecule has 0 unspecified atom stereocenters. The standard InChI is InChI=1S/C69H86Br2N16O22/c1-33(8-9-35-10-14-38(70)15-11-35)20-51(92)42-27-55(96)78-49(30-88)65(104)83-48-29-87-28-40(75-32-87)23-45(62(101)85-56(34(2)90)67(106)84-50(31-89)66(105)80-44(61(100)79-42)21-36-6-4-3-5-7-36)76-54(95)25-41(91)24-47(69(108)109)77-53(94)18-19-74-60(99)43(22-37-12-16-39(71)17-13-37)82-68(107)57(58(97)59(73)98)86-63(102)46(26-52(72)93)81-64(48)103/h3-17,20,28,32,34,41-51,56-58,88-92,97H,18-19,21-27,29-31H2,1-2H3,(H2,72,93)(H2,73,98)(H,74,99)(H,76,95)(H,77,94)(H,78,96)(H,79,100)(H,80,105)(H,81,103)(H,82,107)(H,83,104)(H,84,106)(H,85,101)(H,86,102)(H,108,109)/b9-8+,33-20+/t34-,41-,42+,43+,44+,45+,46+,47+,48-,49+,50+,51+,56+,57+,58-/m1/s1. The van der Waals surface area contributed by atoms with Crippen molar-refractivity contribution in [2.24, 2.45) is 11.5 Å². The zero-order chi connectivity index (χ0) is 80.3. The van der Waals surface area contributed by atoms with Gasteiger partial charge in [-0.25, -0.2) is 9.78 Å². The number of nitrogens with two attached hydrogens (primary N) is 2. The molecule has 2 aliphatic heterocycles. The van der Waals surface area contributed by atoms with Crippen molar-refractivity contribution >= 4 is 127 Å². The average Bonchev–Trinajstić information content (AvgIpc) is 1.62. The van der Waals surface area contributed by atoms with Crippen molar-refractivity contribution in [2.45, 2.75) is 163 Å². The van der Waals surface area contributed by atoms with Crippen molar-refractivity contribution in [3.63, 3.8) is 0 Å². The lowest BCUT2D eigenvalue weighted by molar-refractivity contribution is -0.143. The molecule has 4 bridgehead atoms. The first-order valence-corrected chi connectivity index (χ1v) is 35.4. The largest absolute Gasteiger partial charge is 0.480 e. The normalized spacial score (nSPS) is 25.4. The molecule has 4 aromatic rings. The van der Waals surface area contributed by atoms with Gasteiger partial charge in [-0.1, -0.05) is 110 Å². The van der Waals surface area contributed by atoms with Crippen LogP contribution in [0.25, 0.3) is 6.08 Å². The average molecular weight is 1650 g/mol. The first-order chi connectivity index (χ1) is 51.6. The fraction of sp³-hybridized carbons (Fsp3) is 0.420. The van der Waals surface area contributed by atoms with Crippen molar-refractivity contribution in [1.82, 2.24) is 73.4 Å². The van der Waals surface area contributed by atoms with Crippen LogP contribution in [-0.4, -0.2) is 245 Å². The zero-order valence-electron chi connectivity index (χ0n) is 58.6. The number of benzene rings is 3. The van der Waals surface area contributed by atoms with E-state index in [4.69, 9.17) is 11.5 Å². The molecule has 23 N–H and O–H groups in total. The van der Waals surface area contributed by atoms with Crippen molar-refractivity contribution in [3.8, 4) is 0 Å². The highest BCUT2D eigenvalue weighted by Crippen LogP contribution is 2.18. The Morgan fingerprint density at radius 1 is 0.587 bits per heavy atom. The predicted molar refractivity (Wildman–Crippen MR) is 388 cm³/mol. The van der Waals surface area contributed by atoms with Crippen molar-refractivity contribution in [3.05, 3.63) is 140 Å². The maximum absolute atomic E-state index is 14.9. The first-order valence-electron chi connectivity index (χ1n) is 33.8. The van der Waals surface area contributed by atoms with Crippen LogP contribution in [0.15, 0.2) is 118 Å². The third-order valence-electron chi connectivity index (χ3n) is 16.8. The minimum absolute atomic E-state index is 0.205. The van der Waals surface area contributed by atoms with Crippen LogP contribution in [0.2, 0.25) is 0 Å². The van der Waals surface area contributed by atoms with Gasteiger partial charge in [0.25, 0.3) is 0 Å². The fourth-order valence-electron chi connectivity index (χ4n) is 11.0. The second-order valence-corrected chi connectivity index (χ2v) is 27.5. The third-order valence-corrected chi connectivity index (χ3v) is 17.9. The monoisotopic (exact) mass is 1650 g/mol. The predicted octanol–water partition coefficient (Wildman–Crippen LogP) is -6.97. The Morgan fingerprint density at radius 2 is 1.12 bits per heavy atom. The number of nitrogens with zero attached hydrogens (tertiary/aromatic N) is 2. The number of fused-ring (bicyclic) bond motifs is 2. The Morgan fingerprint density at radius 3 is 1.73 bits per heavy atom. The van der Waals surface area contributed by atoms with E-state index < -0.39 is 244 Å². The molecule has 0 saturated carbocycles. The topological polar surface area (TPSA) is 612 Å². The maximum Gasteiger partial charge on any atom is 0.326 e. The Bertz CT molecular complexity index is 4020. The summed E-state index contributed by atoms with van der Waals surface area (Å²) in [7, 11) is 0. The molecular formula is C69H86Br2N16O22. The number of allylic oxidation sites excluding steroid dienone is 2. The molecule has 3 aromatic carbocycles. The number of aliphatic hydroxyl groups excluding tert-OH is 6. The number of primary amides is 2. The van der Waals surface area contributed by atoms with E-state index in [2.05, 4.69) is 95.3 Å². The summed E-state index contributed by atoms with van der Waals surface area (Å²) in [5.41, 5.74) is 12.6. The van der Waals surface area contributed by atoms with E-state index in [0.29, 0.717) is 26.7 Å². The number of carboxylic acid groups (broad SMARTS) is 1. The number of carbonyl (C=O) groups is 15. The SMILES string of the molecule is CC(/C=C/c1ccc(Br)cc1)=C\[C@H](O)[C@@H]1CC(=O)N[C@@H](CO)C(=O)N[C@@H]2Cn3cnc(c3)C[C@H](NC(=O)C[C@H](O)C[C@@H](C(=O)O)NC(=O)CCNC(=O)[C@H](Cc3ccc(Br)cc3)NC(=O)[C@H]([C@@H](O)C(N)=O)NC(=O)[C@H](CC(N)=O)NC2=O)C(=O)N[C@@H]([C@@H](C)O)C(=O)N[C@@H](CO)C(=O)N[C@@H](Cc2ccccc2)C(=O)N1. The van der Waals surface area contributed by atoms with Gasteiger partial charge in [0.1, 0.15) is 60.4 Å². The van der Waals surface area contributed by atoms with Gasteiger partial charge in [-0.3, -0.25) is 67.1 Å². The molecule has 0 aliphatic carbocycles. The Labute approximate surface area is 638 Å². The number of carbonyl (C=O) groups excluding carboxylic acids is 14. The van der Waals surface area contributed by atoms with Gasteiger partial charge >= 0.3 is 5.97 Å². The smallest absolute Gasteiger partial charge is 0.326 e. The number of aromatic nitrogens is 2. The fourth-order valence-corrected chi connectivity index (χ4v) is 11.6. The number of carboxylic acids is 1. The second kappa shape index (κ2) is 42.0. The zero-order valence-corrected chi connectivity index (χ0v) is 61.8. The summed E-state index contributed by atoms with van der Waals surface area (Å²) >= 11 is 6.65. The Hall–Kier alpha value is -10.9. The van der Waals surface area contributed by atoms with Gasteiger partial charge in [-0.15, -0.1) is 0 Å². The molecule has 15 atom stereocenters. The van der Waals surface area contributed by atoms with Crippen LogP contribution < -0.4 is 75.3 Å². The summed E-state index contributed by atoms with van der Waals surface area (Å²) in [6.45, 7) is -1.30. The first kappa shape index (κ1) is 87.0. The summed E-state index contributed by atoms with van der Waals surface area (Å²) in [6, 6.07) is -0.766. The minimum atomic E-state index is -2.66. The molecule has 0 radical (unpaired) electrons. The van der Waals surface area contributed by atoms with E-state index in [9.17, 15) is 108 Å². The van der Waals surface area contributed by atoms with Crippen LogP contribution in [-0.2, 0) is 97.7 Å². The van der Waals surface area contributed by atoms with Gasteiger partial charge in [0.15, 0.2) is 6.10 Å². The van der Waals surface area contributed by atoms with Gasteiger partial charge in [-0.05, 0) is 54.8 Å². The van der Waals surface area contributed by atoms with Gasteiger partial charge in [0.2, 0.25) is 82.7 Å². The number of aliphatic carboxylic acids is 1. The highest BCUT2D eigenvalue weighted by Gasteiger charge is 2.40. The molecule has 6 rings (SSSR count). The van der Waals surface area contributed by atoms with Crippen LogP contribution in [0.1, 0.15) is 68.3 Å². The van der Waals surface area contributed by atoms with Gasteiger partial charge in [0.05, 0.1) is 69.0 Å². The number of hydrogen-bond acceptors (Lipinski definition) is 22. The van der Waals surface area contributed by atoms with Gasteiger partial charge < -0.3 is 116 Å². The highest BCUT2D eigenvalue weighted by atomic mass is 79.9. The molecule has 3 heterocycles. The second-order valence-electron chi connectivity index (χ2n) is 25.6. The van der Waals surface area contributed by atoms with Crippen LogP contribution in [0.5, 0.6) is 0 Å². The summed E-state index contributed by atoms with van der Waals surface area (Å²) < 4.78 is 2.41. The van der Waals surface area contributed by atoms with Crippen LogP contribution in [0.4, 0.5) is 0 Å². The van der Waals surface area contributed by atoms with E-state index in [1.807, 2.05) is 5.32 Å². The molecule has 0 spiro atoms. The molecule has 0 saturated heterocycles. The summed E-state index contributed by atoms with van der Waals surface area (Å²) in [4.78, 5) is 214. The number of amides is 14. The van der Waals surface area contributed by atoms with Gasteiger partial charge in [0, 0.05) is 60.2 Å². The van der Waals surface area contributed by atoms with Crippen molar-refractivity contribution in [2.75, 3.05) is 19.8 Å². The Balaban J connectivity index is 1.49. The van der Waals surface area contributed by atoms with E-state index in [-0.39, 0.29) is 18.5 Å². The van der Waals surface area contributed by atoms with Crippen LogP contribution in [0.3, 0.4) is 0 Å². The molecular weight excluding hydrogens is 1560 g/mol. The van der Waals surface area contributed by atoms with Crippen molar-refractivity contribution < 1.29 is 108 Å². The minimum Gasteiger partial charge on any atom is -0.480 e. The quantitative estimate of drug-likeness (QED) is 0.0464. The summed E-state index contributed by atoms with van der Waals surface area (Å²) in [6.07, 6.45) is -7.85. The highest BCUT2D eigenvalue weighted by molar-refractivity contribution is 9.10. The summed E-state index contributed by atoms with van der Waals surface area (Å²) in [5.74, 6) is -20.1. The van der Waals surface area contributed by atoms with E-state index in [1.54, 1.807) is 85.8 Å². The number of imidazole rings is 1. The molecule has 1 aromatic heterocycles. The van der Waals surface area contributed by atoms with Crippen LogP contribution >= 0.6 is 31.9 Å². The van der Waals surface area contributed by atoms with Crippen molar-refractivity contribution in [1.29, 1.82) is 0 Å². The van der Waals surface area contributed by atoms with E-state index >= 15 is 0 Å². The van der Waals surface area contributed by atoms with Gasteiger partial charge in [-0.2, -0.15) is 0 Å². The van der Waals surface area contributed by atoms with Crippen LogP contribution in [0, 0.1) is 0 Å². The molecule has 109 heavy (non-hydrogen) atoms. The maximum atomic E-state index is 14.9. The summed E-state index contributed by atoms with van der Waals surface area (Å²) in [5, 5.41) is 104.